The molecule has 2 saturated carbocycles. The minimum absolute atomic E-state index is 0.0882. The summed E-state index contributed by atoms with van der Waals surface area (Å²) in [5.41, 5.74) is 5.32. The third-order valence-electron chi connectivity index (χ3n) is 8.65. The number of benzene rings is 2. The highest BCUT2D eigenvalue weighted by molar-refractivity contribution is 5.39. The maximum atomic E-state index is 7.04. The first-order chi connectivity index (χ1) is 16.3. The van der Waals surface area contributed by atoms with Crippen molar-refractivity contribution in [2.45, 2.75) is 86.4 Å². The second-order valence-corrected chi connectivity index (χ2v) is 10.6. The summed E-state index contributed by atoms with van der Waals surface area (Å²) in [6.07, 6.45) is 6.52. The van der Waals surface area contributed by atoms with E-state index in [9.17, 15) is 0 Å². The van der Waals surface area contributed by atoms with Crippen molar-refractivity contribution in [1.82, 2.24) is 0 Å². The van der Waals surface area contributed by atoms with Gasteiger partial charge in [-0.3, -0.25) is 0 Å². The van der Waals surface area contributed by atoms with Crippen LogP contribution in [0.4, 0.5) is 0 Å². The molecule has 0 N–H and O–H groups in total. The van der Waals surface area contributed by atoms with Gasteiger partial charge in [-0.25, -0.2) is 0 Å². The van der Waals surface area contributed by atoms with E-state index >= 15 is 0 Å². The molecule has 33 heavy (non-hydrogen) atoms. The second-order valence-electron chi connectivity index (χ2n) is 10.6. The van der Waals surface area contributed by atoms with Gasteiger partial charge < -0.3 is 23.7 Å². The summed E-state index contributed by atoms with van der Waals surface area (Å²) < 4.78 is 30.6. The average Bonchev–Trinajstić information content (AvgIpc) is 3.68. The van der Waals surface area contributed by atoms with Crippen LogP contribution in [0.15, 0.2) is 48.5 Å². The van der Waals surface area contributed by atoms with Gasteiger partial charge in [-0.1, -0.05) is 48.5 Å². The molecule has 2 aliphatic carbocycles. The van der Waals surface area contributed by atoms with Gasteiger partial charge in [0.15, 0.2) is 0 Å². The van der Waals surface area contributed by atoms with Gasteiger partial charge in [0, 0.05) is 11.8 Å². The second kappa shape index (κ2) is 7.37. The molecule has 4 saturated heterocycles. The normalized spacial score (nSPS) is 41.2. The fourth-order valence-corrected chi connectivity index (χ4v) is 6.72. The molecule has 0 amide bonds. The van der Waals surface area contributed by atoms with E-state index in [1.807, 2.05) is 0 Å². The van der Waals surface area contributed by atoms with Crippen molar-refractivity contribution >= 4 is 0 Å². The third kappa shape index (κ3) is 3.40. The Morgan fingerprint density at radius 3 is 1.45 bits per heavy atom. The number of hydrogen-bond donors (Lipinski definition) is 0. The largest absolute Gasteiger partial charge is 0.370 e. The standard InChI is InChI=1S/C28H30O5/c1-3-7-17(15(5-1)19-9-11-21-25(19)31-21)27(23-13-29-23)33-28(24-14-30-24)18-8-4-2-6-16(18)20-10-12-22-26(20)32-22/h1-8,19-28H,9-14H2. The summed E-state index contributed by atoms with van der Waals surface area (Å²) in [5, 5.41) is 0. The first-order valence-corrected chi connectivity index (χ1v) is 12.7. The summed E-state index contributed by atoms with van der Waals surface area (Å²) in [4.78, 5) is 0. The summed E-state index contributed by atoms with van der Waals surface area (Å²) in [7, 11) is 0. The molecule has 0 spiro atoms. The number of ether oxygens (including phenoxy) is 5. The van der Waals surface area contributed by atoms with Gasteiger partial charge in [-0.2, -0.15) is 0 Å². The SMILES string of the molecule is c1ccc(C(OC(c2ccccc2C2CCC3OC32)C2CO2)C2CO2)c(C2CCC3OC32)c1. The van der Waals surface area contributed by atoms with E-state index in [0.29, 0.717) is 36.3 Å². The summed E-state index contributed by atoms with van der Waals surface area (Å²) >= 11 is 0. The van der Waals surface area contributed by atoms with Crippen LogP contribution in [0.5, 0.6) is 0 Å². The Morgan fingerprint density at radius 1 is 0.636 bits per heavy atom. The zero-order valence-corrected chi connectivity index (χ0v) is 18.7. The molecule has 172 valence electrons. The van der Waals surface area contributed by atoms with Crippen molar-refractivity contribution in [2.24, 2.45) is 0 Å². The Balaban J connectivity index is 1.14. The lowest BCUT2D eigenvalue weighted by Crippen LogP contribution is -2.22. The highest BCUT2D eigenvalue weighted by Crippen LogP contribution is 2.53. The van der Waals surface area contributed by atoms with E-state index in [-0.39, 0.29) is 24.4 Å². The molecule has 5 heteroatoms. The van der Waals surface area contributed by atoms with E-state index in [1.165, 1.54) is 47.9 Å². The van der Waals surface area contributed by atoms with Crippen molar-refractivity contribution in [2.75, 3.05) is 13.2 Å². The van der Waals surface area contributed by atoms with Crippen molar-refractivity contribution in [3.63, 3.8) is 0 Å². The number of fused-ring (bicyclic) bond motifs is 2. The lowest BCUT2D eigenvalue weighted by molar-refractivity contribution is -0.0430. The molecule has 0 bridgehead atoms. The molecular weight excluding hydrogens is 416 g/mol. The van der Waals surface area contributed by atoms with Crippen LogP contribution in [0.25, 0.3) is 0 Å². The molecule has 10 atom stereocenters. The topological polar surface area (TPSA) is 59.4 Å². The van der Waals surface area contributed by atoms with Gasteiger partial charge in [0.05, 0.1) is 37.6 Å². The lowest BCUT2D eigenvalue weighted by Gasteiger charge is -2.29. The highest BCUT2D eigenvalue weighted by atomic mass is 16.6. The third-order valence-corrected chi connectivity index (χ3v) is 8.65. The van der Waals surface area contributed by atoms with Gasteiger partial charge >= 0.3 is 0 Å². The Kier molecular flexibility index (Phi) is 4.36. The van der Waals surface area contributed by atoms with E-state index in [1.54, 1.807) is 0 Å². The molecule has 4 aliphatic heterocycles. The maximum Gasteiger partial charge on any atom is 0.112 e. The van der Waals surface area contributed by atoms with E-state index in [2.05, 4.69) is 48.5 Å². The molecule has 6 fully saturated rings. The lowest BCUT2D eigenvalue weighted by atomic mass is 9.87. The molecule has 6 aliphatic rings. The molecule has 0 radical (unpaired) electrons. The van der Waals surface area contributed by atoms with Crippen LogP contribution in [0, 0.1) is 0 Å². The molecule has 8 rings (SSSR count). The van der Waals surface area contributed by atoms with Crippen LogP contribution < -0.4 is 0 Å². The van der Waals surface area contributed by atoms with Gasteiger partial charge in [0.1, 0.15) is 24.4 Å². The van der Waals surface area contributed by atoms with Crippen LogP contribution in [0.2, 0.25) is 0 Å². The first kappa shape index (κ1) is 19.5. The van der Waals surface area contributed by atoms with E-state index in [4.69, 9.17) is 23.7 Å². The Bertz CT molecular complexity index is 978. The molecule has 2 aromatic rings. The summed E-state index contributed by atoms with van der Waals surface area (Å²) in [6.45, 7) is 1.51. The van der Waals surface area contributed by atoms with Crippen LogP contribution in [0.3, 0.4) is 0 Å². The molecule has 0 aromatic heterocycles. The number of epoxide rings is 4. The minimum atomic E-state index is -0.0882. The Hall–Kier alpha value is -1.76. The molecule has 4 heterocycles. The van der Waals surface area contributed by atoms with Crippen molar-refractivity contribution in [3.8, 4) is 0 Å². The Morgan fingerprint density at radius 2 is 1.09 bits per heavy atom. The van der Waals surface area contributed by atoms with Gasteiger partial charge in [-0.15, -0.1) is 0 Å². The number of hydrogen-bond acceptors (Lipinski definition) is 5. The van der Waals surface area contributed by atoms with Crippen molar-refractivity contribution in [3.05, 3.63) is 70.8 Å². The van der Waals surface area contributed by atoms with Gasteiger partial charge in [0.2, 0.25) is 0 Å². The average molecular weight is 447 g/mol. The van der Waals surface area contributed by atoms with Crippen LogP contribution in [0.1, 0.15) is 72.0 Å². The quantitative estimate of drug-likeness (QED) is 0.556. The zero-order chi connectivity index (χ0) is 21.5. The monoisotopic (exact) mass is 446 g/mol. The predicted molar refractivity (Wildman–Crippen MR) is 120 cm³/mol. The molecular formula is C28H30O5. The highest BCUT2D eigenvalue weighted by Gasteiger charge is 2.53. The predicted octanol–water partition coefficient (Wildman–Crippen LogP) is 4.57. The van der Waals surface area contributed by atoms with Crippen LogP contribution in [-0.4, -0.2) is 49.8 Å². The van der Waals surface area contributed by atoms with Crippen LogP contribution in [-0.2, 0) is 23.7 Å². The van der Waals surface area contributed by atoms with E-state index in [0.717, 1.165) is 13.2 Å². The molecule has 2 aromatic carbocycles. The summed E-state index contributed by atoms with van der Waals surface area (Å²) in [6, 6.07) is 17.6. The zero-order valence-electron chi connectivity index (χ0n) is 18.7. The van der Waals surface area contributed by atoms with Crippen LogP contribution >= 0.6 is 0 Å². The fraction of sp³-hybridized carbons (Fsp3) is 0.571. The Labute approximate surface area is 194 Å². The summed E-state index contributed by atoms with van der Waals surface area (Å²) in [5.74, 6) is 0.947. The maximum absolute atomic E-state index is 7.04. The smallest absolute Gasteiger partial charge is 0.112 e. The van der Waals surface area contributed by atoms with Gasteiger partial charge in [0.25, 0.3) is 0 Å². The fourth-order valence-electron chi connectivity index (χ4n) is 6.72. The minimum Gasteiger partial charge on any atom is -0.370 e. The number of rotatable bonds is 8. The first-order valence-electron chi connectivity index (χ1n) is 12.7. The van der Waals surface area contributed by atoms with E-state index < -0.39 is 0 Å². The molecule has 10 unspecified atom stereocenters. The van der Waals surface area contributed by atoms with Gasteiger partial charge in [-0.05, 0) is 47.9 Å². The molecule has 5 nitrogen and oxygen atoms in total. The van der Waals surface area contributed by atoms with Crippen molar-refractivity contribution < 1.29 is 23.7 Å². The van der Waals surface area contributed by atoms with Crippen molar-refractivity contribution in [1.29, 1.82) is 0 Å².